The standard InChI is InChI=1S/C24H20N2/c1-26-23-12-5-4-11-22(23)24(25)21-10-6-9-19(16-21)20-14-13-17-7-2-3-8-18(17)15-20/h2-16,25-26H,1H3. The van der Waals surface area contributed by atoms with Crippen LogP contribution in [0.15, 0.2) is 91.0 Å². The van der Waals surface area contributed by atoms with Crippen molar-refractivity contribution in [3.63, 3.8) is 0 Å². The maximum atomic E-state index is 8.67. The van der Waals surface area contributed by atoms with E-state index in [-0.39, 0.29) is 0 Å². The molecule has 4 rings (SSSR count). The molecule has 4 aromatic rings. The molecule has 2 heteroatoms. The summed E-state index contributed by atoms with van der Waals surface area (Å²) in [5, 5.41) is 14.3. The van der Waals surface area contributed by atoms with Crippen LogP contribution < -0.4 is 5.32 Å². The fourth-order valence-electron chi connectivity index (χ4n) is 3.30. The summed E-state index contributed by atoms with van der Waals surface area (Å²) in [6.07, 6.45) is 0. The van der Waals surface area contributed by atoms with E-state index in [1.807, 2.05) is 43.4 Å². The molecule has 4 aromatic carbocycles. The molecule has 126 valence electrons. The fourth-order valence-corrected chi connectivity index (χ4v) is 3.30. The Hall–Kier alpha value is -3.39. The highest BCUT2D eigenvalue weighted by Gasteiger charge is 2.10. The summed E-state index contributed by atoms with van der Waals surface area (Å²) >= 11 is 0. The van der Waals surface area contributed by atoms with E-state index in [4.69, 9.17) is 5.41 Å². The third-order valence-electron chi connectivity index (χ3n) is 4.70. The first-order chi connectivity index (χ1) is 12.8. The van der Waals surface area contributed by atoms with Crippen molar-refractivity contribution in [1.29, 1.82) is 5.41 Å². The topological polar surface area (TPSA) is 35.9 Å². The van der Waals surface area contributed by atoms with Crippen LogP contribution >= 0.6 is 0 Å². The van der Waals surface area contributed by atoms with Crippen LogP contribution in [0.25, 0.3) is 21.9 Å². The van der Waals surface area contributed by atoms with Crippen molar-refractivity contribution >= 4 is 22.2 Å². The van der Waals surface area contributed by atoms with Crippen molar-refractivity contribution in [3.05, 3.63) is 102 Å². The Morgan fingerprint density at radius 2 is 1.42 bits per heavy atom. The number of hydrogen-bond acceptors (Lipinski definition) is 2. The number of nitrogens with one attached hydrogen (secondary N) is 2. The van der Waals surface area contributed by atoms with Crippen molar-refractivity contribution in [1.82, 2.24) is 0 Å². The molecule has 0 atom stereocenters. The van der Waals surface area contributed by atoms with E-state index in [1.54, 1.807) is 0 Å². The molecule has 2 nitrogen and oxygen atoms in total. The SMILES string of the molecule is CNc1ccccc1C(=N)c1cccc(-c2ccc3ccccc3c2)c1. The largest absolute Gasteiger partial charge is 0.388 e. The summed E-state index contributed by atoms with van der Waals surface area (Å²) in [6, 6.07) is 31.0. The molecule has 0 spiro atoms. The lowest BCUT2D eigenvalue weighted by Gasteiger charge is -2.12. The third kappa shape index (κ3) is 2.98. The molecular weight excluding hydrogens is 316 g/mol. The Morgan fingerprint density at radius 1 is 0.692 bits per heavy atom. The van der Waals surface area contributed by atoms with Crippen molar-refractivity contribution < 1.29 is 0 Å². The molecule has 0 saturated heterocycles. The van der Waals surface area contributed by atoms with Crippen LogP contribution in [0.1, 0.15) is 11.1 Å². The molecule has 2 N–H and O–H groups in total. The Kier molecular flexibility index (Phi) is 4.24. The summed E-state index contributed by atoms with van der Waals surface area (Å²) in [6.45, 7) is 0. The average Bonchev–Trinajstić information content (AvgIpc) is 2.73. The summed E-state index contributed by atoms with van der Waals surface area (Å²) in [5.41, 5.74) is 5.61. The van der Waals surface area contributed by atoms with E-state index in [1.165, 1.54) is 16.3 Å². The molecule has 0 aliphatic carbocycles. The highest BCUT2D eigenvalue weighted by Crippen LogP contribution is 2.26. The lowest BCUT2D eigenvalue weighted by molar-refractivity contribution is 1.43. The molecule has 0 radical (unpaired) electrons. The van der Waals surface area contributed by atoms with E-state index in [0.717, 1.165) is 22.4 Å². The van der Waals surface area contributed by atoms with E-state index >= 15 is 0 Å². The van der Waals surface area contributed by atoms with Gasteiger partial charge in [0.1, 0.15) is 0 Å². The highest BCUT2D eigenvalue weighted by atomic mass is 14.8. The van der Waals surface area contributed by atoms with E-state index in [9.17, 15) is 0 Å². The van der Waals surface area contributed by atoms with Gasteiger partial charge in [0.05, 0.1) is 5.71 Å². The fraction of sp³-hybridized carbons (Fsp3) is 0.0417. The van der Waals surface area contributed by atoms with E-state index in [0.29, 0.717) is 5.71 Å². The van der Waals surface area contributed by atoms with Crippen molar-refractivity contribution in [2.75, 3.05) is 12.4 Å². The lowest BCUT2D eigenvalue weighted by Crippen LogP contribution is -2.05. The molecule has 0 heterocycles. The quantitative estimate of drug-likeness (QED) is 0.443. The minimum atomic E-state index is 0.526. The monoisotopic (exact) mass is 336 g/mol. The van der Waals surface area contributed by atoms with Crippen LogP contribution in [0.5, 0.6) is 0 Å². The van der Waals surface area contributed by atoms with Gasteiger partial charge in [0.2, 0.25) is 0 Å². The first-order valence-corrected chi connectivity index (χ1v) is 8.71. The van der Waals surface area contributed by atoms with Crippen LogP contribution in [-0.2, 0) is 0 Å². The van der Waals surface area contributed by atoms with Crippen LogP contribution in [0.3, 0.4) is 0 Å². The van der Waals surface area contributed by atoms with Gasteiger partial charge in [-0.25, -0.2) is 0 Å². The van der Waals surface area contributed by atoms with E-state index < -0.39 is 0 Å². The molecule has 26 heavy (non-hydrogen) atoms. The van der Waals surface area contributed by atoms with Crippen molar-refractivity contribution in [2.24, 2.45) is 0 Å². The van der Waals surface area contributed by atoms with Crippen LogP contribution in [0.2, 0.25) is 0 Å². The highest BCUT2D eigenvalue weighted by molar-refractivity contribution is 6.14. The molecule has 0 fully saturated rings. The number of benzene rings is 4. The van der Waals surface area contributed by atoms with Gasteiger partial charge in [-0.3, -0.25) is 5.41 Å². The minimum absolute atomic E-state index is 0.526. The van der Waals surface area contributed by atoms with Crippen LogP contribution in [-0.4, -0.2) is 12.8 Å². The second kappa shape index (κ2) is 6.85. The van der Waals surface area contributed by atoms with Gasteiger partial charge >= 0.3 is 0 Å². The van der Waals surface area contributed by atoms with Crippen molar-refractivity contribution in [3.8, 4) is 11.1 Å². The van der Waals surface area contributed by atoms with Crippen LogP contribution in [0.4, 0.5) is 5.69 Å². The maximum Gasteiger partial charge on any atom is 0.0705 e. The van der Waals surface area contributed by atoms with Gasteiger partial charge in [-0.15, -0.1) is 0 Å². The molecule has 0 unspecified atom stereocenters. The summed E-state index contributed by atoms with van der Waals surface area (Å²) in [5.74, 6) is 0. The molecule has 0 bridgehead atoms. The van der Waals surface area contributed by atoms with Gasteiger partial charge in [0, 0.05) is 23.9 Å². The second-order valence-electron chi connectivity index (χ2n) is 6.31. The minimum Gasteiger partial charge on any atom is -0.388 e. The van der Waals surface area contributed by atoms with Gasteiger partial charge in [0.25, 0.3) is 0 Å². The normalized spacial score (nSPS) is 10.7. The first-order valence-electron chi connectivity index (χ1n) is 8.71. The molecule has 0 saturated carbocycles. The Labute approximate surface area is 153 Å². The predicted octanol–water partition coefficient (Wildman–Crippen LogP) is 5.96. The number of para-hydroxylation sites is 1. The Balaban J connectivity index is 1.75. The van der Waals surface area contributed by atoms with Crippen molar-refractivity contribution in [2.45, 2.75) is 0 Å². The lowest BCUT2D eigenvalue weighted by atomic mass is 9.95. The smallest absolute Gasteiger partial charge is 0.0705 e. The van der Waals surface area contributed by atoms with E-state index in [2.05, 4.69) is 59.9 Å². The average molecular weight is 336 g/mol. The Bertz CT molecular complexity index is 1100. The molecule has 0 amide bonds. The van der Waals surface area contributed by atoms with Gasteiger partial charge in [-0.1, -0.05) is 72.8 Å². The van der Waals surface area contributed by atoms with Gasteiger partial charge in [0.15, 0.2) is 0 Å². The number of hydrogen-bond donors (Lipinski definition) is 2. The second-order valence-corrected chi connectivity index (χ2v) is 6.31. The van der Waals surface area contributed by atoms with Gasteiger partial charge < -0.3 is 5.32 Å². The molecular formula is C24H20N2. The zero-order chi connectivity index (χ0) is 17.9. The molecule has 0 aromatic heterocycles. The number of fused-ring (bicyclic) bond motifs is 1. The van der Waals surface area contributed by atoms with Crippen LogP contribution in [0, 0.1) is 5.41 Å². The Morgan fingerprint density at radius 3 is 2.27 bits per heavy atom. The predicted molar refractivity (Wildman–Crippen MR) is 111 cm³/mol. The van der Waals surface area contributed by atoms with Gasteiger partial charge in [-0.2, -0.15) is 0 Å². The number of anilines is 1. The maximum absolute atomic E-state index is 8.67. The number of rotatable bonds is 4. The summed E-state index contributed by atoms with van der Waals surface area (Å²) in [4.78, 5) is 0. The molecule has 0 aliphatic heterocycles. The molecule has 0 aliphatic rings. The van der Waals surface area contributed by atoms with Gasteiger partial charge in [-0.05, 0) is 40.1 Å². The first kappa shape index (κ1) is 16.1. The summed E-state index contributed by atoms with van der Waals surface area (Å²) < 4.78 is 0. The summed E-state index contributed by atoms with van der Waals surface area (Å²) in [7, 11) is 1.89. The third-order valence-corrected chi connectivity index (χ3v) is 4.70. The zero-order valence-electron chi connectivity index (χ0n) is 14.7. The zero-order valence-corrected chi connectivity index (χ0v) is 14.7.